The molecule has 2 heterocycles. The van der Waals surface area contributed by atoms with Crippen molar-refractivity contribution in [1.82, 2.24) is 0 Å². The Morgan fingerprint density at radius 2 is 1.73 bits per heavy atom. The second-order valence-corrected chi connectivity index (χ2v) is 2.99. The van der Waals surface area contributed by atoms with Crippen LogP contribution >= 0.6 is 12.4 Å². The molecule has 0 unspecified atom stereocenters. The van der Waals surface area contributed by atoms with Crippen LogP contribution < -0.4 is 0 Å². The topological polar surface area (TPSA) is 71.2 Å². The van der Waals surface area contributed by atoms with Crippen molar-refractivity contribution in [3.05, 3.63) is 23.3 Å². The number of ketones is 1. The third-order valence-corrected chi connectivity index (χ3v) is 2.18. The van der Waals surface area contributed by atoms with E-state index < -0.39 is 5.91 Å². The number of carbonyl (C=O) groups is 2. The Labute approximate surface area is 90.4 Å². The molecule has 5 nitrogen and oxygen atoms in total. The van der Waals surface area contributed by atoms with Crippen molar-refractivity contribution in [2.24, 2.45) is 15.2 Å². The van der Waals surface area contributed by atoms with Gasteiger partial charge in [0.25, 0.3) is 5.91 Å². The van der Waals surface area contributed by atoms with E-state index in [1.807, 2.05) is 0 Å². The maximum Gasteiger partial charge on any atom is 0.298 e. The molecule has 0 bridgehead atoms. The Morgan fingerprint density at radius 3 is 2.53 bits per heavy atom. The van der Waals surface area contributed by atoms with Gasteiger partial charge in [0.05, 0.1) is 0 Å². The molecule has 0 saturated carbocycles. The standard InChI is InChI=1S/C9H3N3O2.ClH/c13-5-2-1-4-3-10-9(14)8-6(4)7(5)11-12-8;/h1-3H;1H. The summed E-state index contributed by atoms with van der Waals surface area (Å²) in [6, 6.07) is 0. The lowest BCUT2D eigenvalue weighted by molar-refractivity contribution is -0.111. The van der Waals surface area contributed by atoms with E-state index >= 15 is 0 Å². The average Bonchev–Trinajstić information content (AvgIpc) is 2.62. The molecule has 3 rings (SSSR count). The minimum atomic E-state index is -0.439. The first-order valence-corrected chi connectivity index (χ1v) is 3.99. The van der Waals surface area contributed by atoms with Crippen LogP contribution in [0.25, 0.3) is 0 Å². The number of rotatable bonds is 0. The summed E-state index contributed by atoms with van der Waals surface area (Å²) in [7, 11) is 0. The second kappa shape index (κ2) is 3.06. The molecule has 0 saturated heterocycles. The normalized spacial score (nSPS) is 21.1. The van der Waals surface area contributed by atoms with Crippen LogP contribution in [0.5, 0.6) is 0 Å². The van der Waals surface area contributed by atoms with Gasteiger partial charge in [-0.3, -0.25) is 9.59 Å². The first-order valence-electron chi connectivity index (χ1n) is 3.99. The zero-order valence-electron chi connectivity index (χ0n) is 7.30. The van der Waals surface area contributed by atoms with Crippen LogP contribution in [0.4, 0.5) is 0 Å². The number of hydrogen-bond acceptors (Lipinski definition) is 4. The van der Waals surface area contributed by atoms with Crippen LogP contribution in [-0.4, -0.2) is 29.3 Å². The van der Waals surface area contributed by atoms with Crippen LogP contribution in [0.2, 0.25) is 0 Å². The molecule has 0 atom stereocenters. The SMILES string of the molecule is Cl.O=C1C=CC2=C3C1=NN=C3C(=O)N=C2. The Morgan fingerprint density at radius 1 is 1.00 bits per heavy atom. The highest BCUT2D eigenvalue weighted by Crippen LogP contribution is 2.23. The highest BCUT2D eigenvalue weighted by atomic mass is 35.5. The van der Waals surface area contributed by atoms with Crippen molar-refractivity contribution in [1.29, 1.82) is 0 Å². The van der Waals surface area contributed by atoms with Crippen LogP contribution in [0.15, 0.2) is 38.5 Å². The lowest BCUT2D eigenvalue weighted by atomic mass is 9.90. The van der Waals surface area contributed by atoms with E-state index in [9.17, 15) is 9.59 Å². The van der Waals surface area contributed by atoms with Gasteiger partial charge in [0.2, 0.25) is 5.78 Å². The van der Waals surface area contributed by atoms with Gasteiger partial charge in [0.1, 0.15) is 5.71 Å². The van der Waals surface area contributed by atoms with Gasteiger partial charge in [-0.25, -0.2) is 4.99 Å². The van der Waals surface area contributed by atoms with Crippen molar-refractivity contribution in [3.8, 4) is 0 Å². The van der Waals surface area contributed by atoms with Crippen molar-refractivity contribution in [3.63, 3.8) is 0 Å². The van der Waals surface area contributed by atoms with Crippen molar-refractivity contribution < 1.29 is 9.59 Å². The summed E-state index contributed by atoms with van der Waals surface area (Å²) in [5.41, 5.74) is 1.67. The van der Waals surface area contributed by atoms with E-state index in [0.29, 0.717) is 5.57 Å². The molecule has 15 heavy (non-hydrogen) atoms. The minimum Gasteiger partial charge on any atom is -0.287 e. The number of nitrogens with zero attached hydrogens (tertiary/aromatic N) is 3. The molecule has 2 aliphatic heterocycles. The van der Waals surface area contributed by atoms with Crippen LogP contribution in [0.1, 0.15) is 0 Å². The van der Waals surface area contributed by atoms with Gasteiger partial charge in [-0.1, -0.05) is 0 Å². The van der Waals surface area contributed by atoms with E-state index in [4.69, 9.17) is 0 Å². The summed E-state index contributed by atoms with van der Waals surface area (Å²) in [6.07, 6.45) is 4.45. The van der Waals surface area contributed by atoms with E-state index in [1.165, 1.54) is 12.3 Å². The number of carbonyl (C=O) groups excluding carboxylic acids is 2. The van der Waals surface area contributed by atoms with Gasteiger partial charge in [-0.05, 0) is 12.2 Å². The summed E-state index contributed by atoms with van der Waals surface area (Å²) >= 11 is 0. The zero-order valence-corrected chi connectivity index (χ0v) is 8.11. The molecule has 0 radical (unpaired) electrons. The van der Waals surface area contributed by atoms with Gasteiger partial charge < -0.3 is 0 Å². The molecule has 6 heteroatoms. The molecule has 0 spiro atoms. The lowest BCUT2D eigenvalue weighted by Gasteiger charge is -2.12. The molecule has 0 aromatic rings. The first-order chi connectivity index (χ1) is 6.77. The van der Waals surface area contributed by atoms with Gasteiger partial charge in [0.15, 0.2) is 5.71 Å². The number of amides is 1. The van der Waals surface area contributed by atoms with Gasteiger partial charge in [0, 0.05) is 17.4 Å². The Kier molecular flexibility index (Phi) is 1.97. The maximum atomic E-state index is 11.3. The first kappa shape index (κ1) is 9.67. The van der Waals surface area contributed by atoms with Crippen LogP contribution in [0.3, 0.4) is 0 Å². The highest BCUT2D eigenvalue weighted by Gasteiger charge is 2.35. The predicted molar refractivity (Wildman–Crippen MR) is 56.8 cm³/mol. The van der Waals surface area contributed by atoms with Crippen LogP contribution in [-0.2, 0) is 9.59 Å². The summed E-state index contributed by atoms with van der Waals surface area (Å²) in [5, 5.41) is 7.33. The molecule has 3 aliphatic rings. The molecule has 0 N–H and O–H groups in total. The van der Waals surface area contributed by atoms with E-state index in [0.717, 1.165) is 5.57 Å². The maximum absolute atomic E-state index is 11.3. The highest BCUT2D eigenvalue weighted by molar-refractivity contribution is 6.67. The summed E-state index contributed by atoms with van der Waals surface area (Å²) in [6.45, 7) is 0. The molecule has 0 fully saturated rings. The third-order valence-electron chi connectivity index (χ3n) is 2.18. The van der Waals surface area contributed by atoms with Crippen molar-refractivity contribution in [2.45, 2.75) is 0 Å². The summed E-state index contributed by atoms with van der Waals surface area (Å²) in [5.74, 6) is -0.656. The molecule has 0 aromatic carbocycles. The lowest BCUT2D eigenvalue weighted by Crippen LogP contribution is -2.28. The Bertz CT molecular complexity index is 492. The minimum absolute atomic E-state index is 0. The molecular formula is C9H4ClN3O2. The van der Waals surface area contributed by atoms with Gasteiger partial charge in [-0.2, -0.15) is 0 Å². The van der Waals surface area contributed by atoms with Crippen molar-refractivity contribution in [2.75, 3.05) is 0 Å². The number of aliphatic imine (C=N–C) groups is 1. The molecular weight excluding hydrogens is 218 g/mol. The third kappa shape index (κ3) is 1.13. The monoisotopic (exact) mass is 221 g/mol. The van der Waals surface area contributed by atoms with Crippen molar-refractivity contribution >= 4 is 41.7 Å². The quantitative estimate of drug-likeness (QED) is 0.551. The summed E-state index contributed by atoms with van der Waals surface area (Å²) in [4.78, 5) is 26.2. The smallest absolute Gasteiger partial charge is 0.287 e. The fourth-order valence-corrected chi connectivity index (χ4v) is 1.53. The molecule has 0 aromatic heterocycles. The zero-order chi connectivity index (χ0) is 9.71. The average molecular weight is 222 g/mol. The fourth-order valence-electron chi connectivity index (χ4n) is 1.53. The van der Waals surface area contributed by atoms with E-state index in [-0.39, 0.29) is 29.6 Å². The van der Waals surface area contributed by atoms with E-state index in [2.05, 4.69) is 15.2 Å². The number of allylic oxidation sites excluding steroid dienone is 3. The second-order valence-electron chi connectivity index (χ2n) is 2.99. The fraction of sp³-hybridized carbons (Fsp3) is 0. The largest absolute Gasteiger partial charge is 0.298 e. The number of dihydropyridines is 1. The molecule has 1 amide bonds. The summed E-state index contributed by atoms with van der Waals surface area (Å²) < 4.78 is 0. The molecule has 1 aliphatic carbocycles. The van der Waals surface area contributed by atoms with Gasteiger partial charge in [-0.15, -0.1) is 22.6 Å². The van der Waals surface area contributed by atoms with Crippen LogP contribution in [0, 0.1) is 0 Å². The Hall–Kier alpha value is -1.88. The van der Waals surface area contributed by atoms with Gasteiger partial charge >= 0.3 is 0 Å². The molecule has 74 valence electrons. The predicted octanol–water partition coefficient (Wildman–Crippen LogP) is 0.265. The number of halogens is 1. The Balaban J connectivity index is 0.000000853. The van der Waals surface area contributed by atoms with E-state index in [1.54, 1.807) is 6.08 Å². The number of hydrogen-bond donors (Lipinski definition) is 0.